The van der Waals surface area contributed by atoms with Crippen molar-refractivity contribution in [2.45, 2.75) is 13.0 Å². The maximum absolute atomic E-state index is 5.96. The first-order chi connectivity index (χ1) is 12.4. The number of pyridine rings is 1. The third-order valence-corrected chi connectivity index (χ3v) is 5.03. The Labute approximate surface area is 147 Å². The van der Waals surface area contributed by atoms with Crippen LogP contribution < -0.4 is 4.74 Å². The zero-order valence-electron chi connectivity index (χ0n) is 13.2. The average Bonchev–Trinajstić information content (AvgIpc) is 3.37. The first kappa shape index (κ1) is 14.3. The first-order valence-corrected chi connectivity index (χ1v) is 8.74. The highest BCUT2D eigenvalue weighted by molar-refractivity contribution is 7.17. The molecule has 5 rings (SSSR count). The minimum Gasteiger partial charge on any atom is -0.483 e. The Morgan fingerprint density at radius 3 is 3.04 bits per heavy atom. The molecule has 122 valence electrons. The summed E-state index contributed by atoms with van der Waals surface area (Å²) in [5, 5.41) is 15.1. The molecular formula is C18H13N5OS. The predicted molar refractivity (Wildman–Crippen MR) is 96.5 cm³/mol. The molecule has 0 unspecified atom stereocenters. The van der Waals surface area contributed by atoms with Gasteiger partial charge in [0, 0.05) is 11.6 Å². The normalized spacial score (nSPS) is 13.7. The van der Waals surface area contributed by atoms with Gasteiger partial charge in [0.05, 0.1) is 0 Å². The van der Waals surface area contributed by atoms with Crippen LogP contribution in [0, 0.1) is 0 Å². The van der Waals surface area contributed by atoms with E-state index in [1.54, 1.807) is 22.0 Å². The molecule has 4 aromatic rings. The maximum Gasteiger partial charge on any atom is 0.235 e. The highest BCUT2D eigenvalue weighted by Gasteiger charge is 2.15. The van der Waals surface area contributed by atoms with Gasteiger partial charge in [-0.3, -0.25) is 4.98 Å². The van der Waals surface area contributed by atoms with E-state index in [0.29, 0.717) is 5.82 Å². The molecule has 0 saturated carbocycles. The number of para-hydroxylation sites is 1. The van der Waals surface area contributed by atoms with E-state index >= 15 is 0 Å². The summed E-state index contributed by atoms with van der Waals surface area (Å²) in [7, 11) is 0. The zero-order valence-corrected chi connectivity index (χ0v) is 14.0. The smallest absolute Gasteiger partial charge is 0.235 e. The summed E-state index contributed by atoms with van der Waals surface area (Å²) in [6, 6.07) is 9.81. The van der Waals surface area contributed by atoms with Crippen LogP contribution in [0.5, 0.6) is 5.75 Å². The van der Waals surface area contributed by atoms with Gasteiger partial charge in [-0.25, -0.2) is 0 Å². The summed E-state index contributed by atoms with van der Waals surface area (Å²) in [6.07, 6.45) is 8.94. The quantitative estimate of drug-likeness (QED) is 0.564. The van der Waals surface area contributed by atoms with Crippen molar-refractivity contribution in [3.8, 4) is 5.75 Å². The molecule has 0 fully saturated rings. The Morgan fingerprint density at radius 2 is 2.12 bits per heavy atom. The number of hydrogen-bond acceptors (Lipinski definition) is 6. The van der Waals surface area contributed by atoms with E-state index in [9.17, 15) is 0 Å². The van der Waals surface area contributed by atoms with Gasteiger partial charge in [-0.05, 0) is 24.1 Å². The molecule has 0 saturated heterocycles. The fraction of sp³-hybridized carbons (Fsp3) is 0.111. The van der Waals surface area contributed by atoms with Crippen molar-refractivity contribution < 1.29 is 4.74 Å². The monoisotopic (exact) mass is 347 g/mol. The molecule has 0 bridgehead atoms. The minimum atomic E-state index is 0.289. The Bertz CT molecular complexity index is 1140. The van der Waals surface area contributed by atoms with Crippen molar-refractivity contribution >= 4 is 32.8 Å². The zero-order chi connectivity index (χ0) is 16.6. The summed E-state index contributed by atoms with van der Waals surface area (Å²) in [5.41, 5.74) is 2.05. The average molecular weight is 347 g/mol. The highest BCUT2D eigenvalue weighted by Crippen LogP contribution is 2.28. The predicted octanol–water partition coefficient (Wildman–Crippen LogP) is 3.66. The number of allylic oxidation sites excluding steroid dienone is 4. The van der Waals surface area contributed by atoms with E-state index in [2.05, 4.69) is 38.5 Å². The Kier molecular flexibility index (Phi) is 3.31. The van der Waals surface area contributed by atoms with Gasteiger partial charge in [-0.1, -0.05) is 47.8 Å². The number of fused-ring (bicyclic) bond motifs is 2. The molecule has 0 aliphatic heterocycles. The van der Waals surface area contributed by atoms with Crippen LogP contribution in [0.4, 0.5) is 0 Å². The number of benzene rings is 1. The molecule has 0 spiro atoms. The Hall–Kier alpha value is -3.06. The molecule has 0 N–H and O–H groups in total. The van der Waals surface area contributed by atoms with Crippen LogP contribution >= 0.6 is 11.3 Å². The lowest BCUT2D eigenvalue weighted by Gasteiger charge is -2.06. The van der Waals surface area contributed by atoms with Crippen LogP contribution in [0.2, 0.25) is 0 Å². The Morgan fingerprint density at radius 1 is 1.16 bits per heavy atom. The summed E-state index contributed by atoms with van der Waals surface area (Å²) >= 11 is 1.54. The number of rotatable bonds is 4. The largest absolute Gasteiger partial charge is 0.483 e. The summed E-state index contributed by atoms with van der Waals surface area (Å²) < 4.78 is 7.72. The van der Waals surface area contributed by atoms with E-state index in [1.165, 1.54) is 5.57 Å². The van der Waals surface area contributed by atoms with Gasteiger partial charge in [0.1, 0.15) is 22.9 Å². The molecule has 3 aromatic heterocycles. The molecule has 1 aromatic carbocycles. The van der Waals surface area contributed by atoms with Gasteiger partial charge in [0.25, 0.3) is 0 Å². The Balaban J connectivity index is 1.44. The van der Waals surface area contributed by atoms with Crippen LogP contribution in [0.1, 0.15) is 17.3 Å². The van der Waals surface area contributed by atoms with Gasteiger partial charge in [0.2, 0.25) is 4.96 Å². The minimum absolute atomic E-state index is 0.289. The fourth-order valence-corrected chi connectivity index (χ4v) is 3.71. The summed E-state index contributed by atoms with van der Waals surface area (Å²) in [6.45, 7) is 0.289. The molecule has 1 aliphatic rings. The number of hydrogen-bond donors (Lipinski definition) is 0. The molecule has 3 heterocycles. The molecule has 0 radical (unpaired) electrons. The number of nitrogens with zero attached hydrogens (tertiary/aromatic N) is 5. The molecule has 25 heavy (non-hydrogen) atoms. The maximum atomic E-state index is 5.96. The summed E-state index contributed by atoms with van der Waals surface area (Å²) in [5.74, 6) is 1.41. The van der Waals surface area contributed by atoms with Crippen molar-refractivity contribution in [2.24, 2.45) is 0 Å². The molecular weight excluding hydrogens is 334 g/mol. The fourth-order valence-electron chi connectivity index (χ4n) is 2.82. The van der Waals surface area contributed by atoms with Gasteiger partial charge >= 0.3 is 0 Å². The molecule has 7 heteroatoms. The van der Waals surface area contributed by atoms with Crippen LogP contribution in [0.25, 0.3) is 21.4 Å². The summed E-state index contributed by atoms with van der Waals surface area (Å²) in [4.78, 5) is 5.18. The second-order valence-corrected chi connectivity index (χ2v) is 6.62. The topological polar surface area (TPSA) is 65.2 Å². The second kappa shape index (κ2) is 5.78. The first-order valence-electron chi connectivity index (χ1n) is 7.92. The third kappa shape index (κ3) is 2.49. The second-order valence-electron chi connectivity index (χ2n) is 5.66. The molecule has 0 atom stereocenters. The van der Waals surface area contributed by atoms with Crippen molar-refractivity contribution in [3.63, 3.8) is 0 Å². The number of ether oxygens (including phenoxy) is 1. The van der Waals surface area contributed by atoms with E-state index in [0.717, 1.165) is 33.0 Å². The van der Waals surface area contributed by atoms with Crippen molar-refractivity contribution in [2.75, 3.05) is 0 Å². The van der Waals surface area contributed by atoms with E-state index in [4.69, 9.17) is 4.74 Å². The van der Waals surface area contributed by atoms with E-state index < -0.39 is 0 Å². The standard InChI is InChI=1S/C18H13N5OS/c1-2-6-13(5-1)17-22-23-15(20-21-18(23)25-17)11-24-14-9-3-7-12-8-4-10-19-16(12)14/h1-5,7-10H,6,11H2. The van der Waals surface area contributed by atoms with Crippen LogP contribution in [0.15, 0.2) is 54.8 Å². The van der Waals surface area contributed by atoms with Gasteiger partial charge in [-0.15, -0.1) is 10.2 Å². The third-order valence-electron chi connectivity index (χ3n) is 4.05. The lowest BCUT2D eigenvalue weighted by Crippen LogP contribution is -2.03. The lowest BCUT2D eigenvalue weighted by atomic mass is 10.2. The van der Waals surface area contributed by atoms with Crippen molar-refractivity contribution in [3.05, 3.63) is 65.6 Å². The van der Waals surface area contributed by atoms with Gasteiger partial charge in [0.15, 0.2) is 5.82 Å². The number of aromatic nitrogens is 5. The van der Waals surface area contributed by atoms with Crippen LogP contribution in [0.3, 0.4) is 0 Å². The van der Waals surface area contributed by atoms with Crippen LogP contribution in [-0.4, -0.2) is 24.8 Å². The molecule has 0 amide bonds. The van der Waals surface area contributed by atoms with E-state index in [-0.39, 0.29) is 6.61 Å². The highest BCUT2D eigenvalue weighted by atomic mass is 32.1. The lowest BCUT2D eigenvalue weighted by molar-refractivity contribution is 0.295. The molecule has 6 nitrogen and oxygen atoms in total. The SMILES string of the molecule is C1=CCC(c2nn3c(COc4cccc5cccnc45)nnc3s2)=C1. The van der Waals surface area contributed by atoms with Crippen LogP contribution in [-0.2, 0) is 6.61 Å². The van der Waals surface area contributed by atoms with Crippen molar-refractivity contribution in [1.82, 2.24) is 24.8 Å². The van der Waals surface area contributed by atoms with Gasteiger partial charge in [-0.2, -0.15) is 9.61 Å². The van der Waals surface area contributed by atoms with Gasteiger partial charge < -0.3 is 4.74 Å². The van der Waals surface area contributed by atoms with E-state index in [1.807, 2.05) is 30.3 Å². The molecule has 1 aliphatic carbocycles. The van der Waals surface area contributed by atoms with Crippen molar-refractivity contribution in [1.29, 1.82) is 0 Å².